The molecule has 0 radical (unpaired) electrons. The highest BCUT2D eigenvalue weighted by Gasteiger charge is 2.19. The lowest BCUT2D eigenvalue weighted by molar-refractivity contribution is -0.129. The Hall–Kier alpha value is -2.24. The smallest absolute Gasteiger partial charge is 0.339 e. The highest BCUT2D eigenvalue weighted by atomic mass is 16.5. The summed E-state index contributed by atoms with van der Waals surface area (Å²) in [4.78, 5) is 23.8. The molecular formula is C16H23NO5. The van der Waals surface area contributed by atoms with E-state index in [0.717, 1.165) is 6.42 Å². The molecule has 122 valence electrons. The van der Waals surface area contributed by atoms with Gasteiger partial charge in [-0.1, -0.05) is 6.92 Å². The summed E-state index contributed by atoms with van der Waals surface area (Å²) in [5.41, 5.74) is 0.301. The third-order valence-electron chi connectivity index (χ3n) is 2.90. The van der Waals surface area contributed by atoms with E-state index < -0.39 is 12.1 Å². The van der Waals surface area contributed by atoms with Crippen molar-refractivity contribution >= 4 is 11.9 Å². The maximum Gasteiger partial charge on any atom is 0.339 e. The van der Waals surface area contributed by atoms with Crippen molar-refractivity contribution in [1.29, 1.82) is 0 Å². The summed E-state index contributed by atoms with van der Waals surface area (Å²) >= 11 is 0. The lowest BCUT2D eigenvalue weighted by Gasteiger charge is -2.14. The van der Waals surface area contributed by atoms with Crippen LogP contribution >= 0.6 is 0 Å². The van der Waals surface area contributed by atoms with Gasteiger partial charge in [-0.15, -0.1) is 0 Å². The summed E-state index contributed by atoms with van der Waals surface area (Å²) < 4.78 is 15.7. The molecule has 0 fully saturated rings. The molecule has 0 saturated carbocycles. The van der Waals surface area contributed by atoms with Crippen LogP contribution in [-0.4, -0.2) is 38.2 Å². The van der Waals surface area contributed by atoms with Crippen LogP contribution < -0.4 is 14.8 Å². The van der Waals surface area contributed by atoms with E-state index in [-0.39, 0.29) is 5.91 Å². The normalized spacial score (nSPS) is 11.5. The maximum absolute atomic E-state index is 12.1. The molecule has 0 unspecified atom stereocenters. The first kappa shape index (κ1) is 17.8. The zero-order valence-electron chi connectivity index (χ0n) is 13.5. The number of esters is 1. The Morgan fingerprint density at radius 2 is 1.95 bits per heavy atom. The monoisotopic (exact) mass is 309 g/mol. The van der Waals surface area contributed by atoms with Crippen LogP contribution in [-0.2, 0) is 9.53 Å². The van der Waals surface area contributed by atoms with Crippen LogP contribution in [0.15, 0.2) is 18.2 Å². The summed E-state index contributed by atoms with van der Waals surface area (Å²) in [5.74, 6) is 0.100. The van der Waals surface area contributed by atoms with E-state index in [4.69, 9.17) is 14.2 Å². The van der Waals surface area contributed by atoms with Gasteiger partial charge in [0.05, 0.1) is 19.3 Å². The minimum atomic E-state index is -0.850. The number of carbonyl (C=O) groups excluding carboxylic acids is 2. The van der Waals surface area contributed by atoms with Gasteiger partial charge in [0, 0.05) is 6.54 Å². The first-order chi connectivity index (χ1) is 10.5. The number of ether oxygens (including phenoxy) is 3. The number of hydrogen-bond acceptors (Lipinski definition) is 5. The van der Waals surface area contributed by atoms with E-state index in [2.05, 4.69) is 5.32 Å². The Kier molecular flexibility index (Phi) is 7.22. The zero-order valence-corrected chi connectivity index (χ0v) is 13.5. The molecule has 0 aliphatic carbocycles. The fraction of sp³-hybridized carbons (Fsp3) is 0.500. The topological polar surface area (TPSA) is 73.9 Å². The molecular weight excluding hydrogens is 286 g/mol. The number of rotatable bonds is 8. The highest BCUT2D eigenvalue weighted by Crippen LogP contribution is 2.28. The standard InChI is InChI=1S/C16H23NO5/c1-5-9-17-15(18)11(3)22-16(19)12-7-8-13(21-6-2)14(10-12)20-4/h7-8,10-11H,5-6,9H2,1-4H3,(H,17,18)/t11-/m0/s1. The van der Waals surface area contributed by atoms with Crippen molar-refractivity contribution in [3.05, 3.63) is 23.8 Å². The van der Waals surface area contributed by atoms with Crippen molar-refractivity contribution in [1.82, 2.24) is 5.32 Å². The van der Waals surface area contributed by atoms with Crippen LogP contribution in [0.5, 0.6) is 11.5 Å². The van der Waals surface area contributed by atoms with Gasteiger partial charge in [-0.25, -0.2) is 4.79 Å². The zero-order chi connectivity index (χ0) is 16.5. The molecule has 22 heavy (non-hydrogen) atoms. The fourth-order valence-electron chi connectivity index (χ4n) is 1.74. The first-order valence-electron chi connectivity index (χ1n) is 7.33. The molecule has 0 aromatic heterocycles. The average Bonchev–Trinajstić information content (AvgIpc) is 2.52. The number of benzene rings is 1. The summed E-state index contributed by atoms with van der Waals surface area (Å²) in [6, 6.07) is 4.75. The molecule has 6 nitrogen and oxygen atoms in total. The fourth-order valence-corrected chi connectivity index (χ4v) is 1.74. The van der Waals surface area contributed by atoms with Crippen LogP contribution in [0.1, 0.15) is 37.6 Å². The molecule has 0 heterocycles. The lowest BCUT2D eigenvalue weighted by atomic mass is 10.2. The van der Waals surface area contributed by atoms with Crippen LogP contribution in [0.4, 0.5) is 0 Å². The van der Waals surface area contributed by atoms with E-state index >= 15 is 0 Å². The van der Waals surface area contributed by atoms with Crippen molar-refractivity contribution in [2.45, 2.75) is 33.3 Å². The molecule has 1 rings (SSSR count). The van der Waals surface area contributed by atoms with Crippen LogP contribution in [0.3, 0.4) is 0 Å². The van der Waals surface area contributed by atoms with Crippen molar-refractivity contribution in [3.63, 3.8) is 0 Å². The molecule has 0 spiro atoms. The molecule has 0 bridgehead atoms. The Balaban J connectivity index is 2.74. The Labute approximate surface area is 130 Å². The van der Waals surface area contributed by atoms with E-state index in [9.17, 15) is 9.59 Å². The summed E-state index contributed by atoms with van der Waals surface area (Å²) in [6.07, 6.45) is -0.0284. The van der Waals surface area contributed by atoms with E-state index in [0.29, 0.717) is 30.2 Å². The molecule has 0 aliphatic rings. The molecule has 1 amide bonds. The second-order valence-corrected chi connectivity index (χ2v) is 4.64. The van der Waals surface area contributed by atoms with Crippen LogP contribution in [0.2, 0.25) is 0 Å². The molecule has 0 aliphatic heterocycles. The average molecular weight is 309 g/mol. The largest absolute Gasteiger partial charge is 0.493 e. The van der Waals surface area contributed by atoms with Crippen molar-refractivity contribution in [2.75, 3.05) is 20.3 Å². The van der Waals surface area contributed by atoms with Gasteiger partial charge in [-0.3, -0.25) is 4.79 Å². The Bertz CT molecular complexity index is 515. The van der Waals surface area contributed by atoms with Gasteiger partial charge in [-0.2, -0.15) is 0 Å². The minimum Gasteiger partial charge on any atom is -0.493 e. The second kappa shape index (κ2) is 8.92. The predicted octanol–water partition coefficient (Wildman–Crippen LogP) is 2.17. The van der Waals surface area contributed by atoms with Crippen molar-refractivity contribution in [3.8, 4) is 11.5 Å². The van der Waals surface area contributed by atoms with Gasteiger partial charge in [0.2, 0.25) is 0 Å². The molecule has 1 aromatic rings. The second-order valence-electron chi connectivity index (χ2n) is 4.64. The molecule has 1 aromatic carbocycles. The van der Waals surface area contributed by atoms with Gasteiger partial charge >= 0.3 is 5.97 Å². The minimum absolute atomic E-state index is 0.301. The van der Waals surface area contributed by atoms with Crippen molar-refractivity contribution in [2.24, 2.45) is 0 Å². The van der Waals surface area contributed by atoms with E-state index in [1.54, 1.807) is 12.1 Å². The van der Waals surface area contributed by atoms with Crippen LogP contribution in [0, 0.1) is 0 Å². The van der Waals surface area contributed by atoms with Gasteiger partial charge < -0.3 is 19.5 Å². The Morgan fingerprint density at radius 1 is 1.23 bits per heavy atom. The molecule has 0 saturated heterocycles. The third-order valence-corrected chi connectivity index (χ3v) is 2.90. The van der Waals surface area contributed by atoms with Gasteiger partial charge in [0.1, 0.15) is 0 Å². The maximum atomic E-state index is 12.1. The molecule has 6 heteroatoms. The van der Waals surface area contributed by atoms with Gasteiger partial charge in [0.15, 0.2) is 17.6 Å². The number of methoxy groups -OCH3 is 1. The van der Waals surface area contributed by atoms with Gasteiger partial charge in [-0.05, 0) is 38.5 Å². The molecule has 1 atom stereocenters. The number of nitrogens with one attached hydrogen (secondary N) is 1. The summed E-state index contributed by atoms with van der Waals surface area (Å²) in [6.45, 7) is 6.39. The highest BCUT2D eigenvalue weighted by molar-refractivity contribution is 5.92. The van der Waals surface area contributed by atoms with Gasteiger partial charge in [0.25, 0.3) is 5.91 Å². The number of carbonyl (C=O) groups is 2. The SMILES string of the molecule is CCCNC(=O)[C@H](C)OC(=O)c1ccc(OCC)c(OC)c1. The lowest BCUT2D eigenvalue weighted by Crippen LogP contribution is -2.36. The van der Waals surface area contributed by atoms with E-state index in [1.165, 1.54) is 20.1 Å². The van der Waals surface area contributed by atoms with Crippen LogP contribution in [0.25, 0.3) is 0 Å². The molecule has 1 N–H and O–H groups in total. The van der Waals surface area contributed by atoms with E-state index in [1.807, 2.05) is 13.8 Å². The number of amides is 1. The van der Waals surface area contributed by atoms with Crippen molar-refractivity contribution < 1.29 is 23.8 Å². The Morgan fingerprint density at radius 3 is 2.55 bits per heavy atom. The first-order valence-corrected chi connectivity index (χ1v) is 7.33. The summed E-state index contributed by atoms with van der Waals surface area (Å²) in [5, 5.41) is 2.68. The number of hydrogen-bond donors (Lipinski definition) is 1. The predicted molar refractivity (Wildman–Crippen MR) is 82.3 cm³/mol. The third kappa shape index (κ3) is 4.95. The quantitative estimate of drug-likeness (QED) is 0.745. The summed E-state index contributed by atoms with van der Waals surface area (Å²) in [7, 11) is 1.49.